The minimum atomic E-state index is -0.256. The third-order valence-corrected chi connectivity index (χ3v) is 2.97. The van der Waals surface area contributed by atoms with Gasteiger partial charge in [0.05, 0.1) is 7.11 Å². The summed E-state index contributed by atoms with van der Waals surface area (Å²) in [5.74, 6) is 0.336. The van der Waals surface area contributed by atoms with Gasteiger partial charge in [0.25, 0.3) is 0 Å². The van der Waals surface area contributed by atoms with E-state index in [1.165, 1.54) is 18.3 Å². The number of benzene rings is 1. The largest absolute Gasteiger partial charge is 0.494 e. The number of anilines is 1. The average molecular weight is 276 g/mol. The van der Waals surface area contributed by atoms with Gasteiger partial charge in [-0.2, -0.15) is 5.01 Å². The van der Waals surface area contributed by atoms with E-state index >= 15 is 0 Å². The summed E-state index contributed by atoms with van der Waals surface area (Å²) in [6, 6.07) is 7.18. The molecule has 0 aliphatic heterocycles. The number of nitrogens with zero attached hydrogens (tertiary/aromatic N) is 4. The fourth-order valence-corrected chi connectivity index (χ4v) is 1.99. The average Bonchev–Trinajstić information content (AvgIpc) is 2.93. The first-order valence-electron chi connectivity index (χ1n) is 5.47. The SMILES string of the molecule is COc1ccccc1N=NN(C(C)=O)c1nccs1. The highest BCUT2D eigenvalue weighted by atomic mass is 32.1. The lowest BCUT2D eigenvalue weighted by Gasteiger charge is -2.09. The molecule has 1 aromatic heterocycles. The Morgan fingerprint density at radius 1 is 1.42 bits per heavy atom. The number of carbonyl (C=O) groups is 1. The molecule has 19 heavy (non-hydrogen) atoms. The van der Waals surface area contributed by atoms with E-state index in [2.05, 4.69) is 15.3 Å². The van der Waals surface area contributed by atoms with Crippen molar-refractivity contribution in [2.45, 2.75) is 6.92 Å². The van der Waals surface area contributed by atoms with Gasteiger partial charge in [-0.1, -0.05) is 17.4 Å². The number of ether oxygens (including phenoxy) is 1. The van der Waals surface area contributed by atoms with Crippen LogP contribution in [0.4, 0.5) is 10.8 Å². The van der Waals surface area contributed by atoms with Gasteiger partial charge in [0, 0.05) is 18.5 Å². The normalized spacial score (nSPS) is 10.6. The summed E-state index contributed by atoms with van der Waals surface area (Å²) in [4.78, 5) is 15.6. The minimum absolute atomic E-state index is 0.256. The van der Waals surface area contributed by atoms with Crippen LogP contribution in [0.1, 0.15) is 6.92 Å². The molecule has 2 aromatic rings. The minimum Gasteiger partial charge on any atom is -0.494 e. The molecule has 1 aromatic carbocycles. The van der Waals surface area contributed by atoms with Crippen molar-refractivity contribution >= 4 is 28.1 Å². The monoisotopic (exact) mass is 276 g/mol. The van der Waals surface area contributed by atoms with Crippen molar-refractivity contribution in [1.82, 2.24) is 4.98 Å². The molecule has 0 aliphatic rings. The van der Waals surface area contributed by atoms with Crippen molar-refractivity contribution in [3.63, 3.8) is 0 Å². The number of hydrogen-bond acceptors (Lipinski definition) is 6. The van der Waals surface area contributed by atoms with Crippen molar-refractivity contribution in [2.24, 2.45) is 10.3 Å². The van der Waals surface area contributed by atoms with Crippen LogP contribution >= 0.6 is 11.3 Å². The molecule has 7 heteroatoms. The zero-order valence-corrected chi connectivity index (χ0v) is 11.3. The van der Waals surface area contributed by atoms with Crippen LogP contribution in [0, 0.1) is 0 Å². The molecule has 0 N–H and O–H groups in total. The van der Waals surface area contributed by atoms with Crippen LogP contribution < -0.4 is 9.75 Å². The van der Waals surface area contributed by atoms with Crippen LogP contribution in [0.15, 0.2) is 46.2 Å². The fourth-order valence-electron chi connectivity index (χ4n) is 1.36. The van der Waals surface area contributed by atoms with Crippen LogP contribution in [0.5, 0.6) is 5.75 Å². The Labute approximate surface area is 114 Å². The third kappa shape index (κ3) is 3.14. The van der Waals surface area contributed by atoms with Crippen LogP contribution in [-0.4, -0.2) is 18.0 Å². The molecule has 98 valence electrons. The van der Waals surface area contributed by atoms with Crippen LogP contribution in [0.2, 0.25) is 0 Å². The molecule has 0 radical (unpaired) electrons. The summed E-state index contributed by atoms with van der Waals surface area (Å²) < 4.78 is 5.16. The Hall–Kier alpha value is -2.28. The number of amides is 1. The first kappa shape index (κ1) is 13.2. The van der Waals surface area contributed by atoms with Gasteiger partial charge in [-0.25, -0.2) is 4.98 Å². The van der Waals surface area contributed by atoms with Crippen molar-refractivity contribution in [3.05, 3.63) is 35.8 Å². The smallest absolute Gasteiger partial charge is 0.247 e. The zero-order chi connectivity index (χ0) is 13.7. The molecular weight excluding hydrogens is 264 g/mol. The third-order valence-electron chi connectivity index (χ3n) is 2.23. The molecule has 1 heterocycles. The summed E-state index contributed by atoms with van der Waals surface area (Å²) in [7, 11) is 1.55. The molecular formula is C12H12N4O2S. The van der Waals surface area contributed by atoms with Gasteiger partial charge >= 0.3 is 0 Å². The number of hydrogen-bond donors (Lipinski definition) is 0. The lowest BCUT2D eigenvalue weighted by Crippen LogP contribution is -2.21. The second kappa shape index (κ2) is 6.05. The number of rotatable bonds is 4. The maximum atomic E-state index is 11.5. The Morgan fingerprint density at radius 3 is 2.84 bits per heavy atom. The first-order valence-corrected chi connectivity index (χ1v) is 6.35. The second-order valence-corrected chi connectivity index (χ2v) is 4.38. The maximum Gasteiger partial charge on any atom is 0.247 e. The number of carbonyl (C=O) groups excluding carboxylic acids is 1. The molecule has 0 spiro atoms. The second-order valence-electron chi connectivity index (χ2n) is 3.51. The van der Waals surface area contributed by atoms with E-state index in [-0.39, 0.29) is 5.91 Å². The Morgan fingerprint density at radius 2 is 2.21 bits per heavy atom. The van der Waals surface area contributed by atoms with E-state index in [0.29, 0.717) is 16.6 Å². The van der Waals surface area contributed by atoms with Gasteiger partial charge < -0.3 is 4.74 Å². The van der Waals surface area contributed by atoms with Crippen molar-refractivity contribution < 1.29 is 9.53 Å². The summed E-state index contributed by atoms with van der Waals surface area (Å²) in [5.41, 5.74) is 0.549. The molecule has 0 fully saturated rings. The number of methoxy groups -OCH3 is 1. The highest BCUT2D eigenvalue weighted by Crippen LogP contribution is 2.27. The van der Waals surface area contributed by atoms with Crippen LogP contribution in [0.3, 0.4) is 0 Å². The standard InChI is InChI=1S/C12H12N4O2S/c1-9(17)16(12-13-7-8-19-12)15-14-10-5-3-4-6-11(10)18-2/h3-8H,1-2H3. The molecule has 6 nitrogen and oxygen atoms in total. The first-order chi connectivity index (χ1) is 9.22. The van der Waals surface area contributed by atoms with Gasteiger partial charge in [-0.05, 0) is 12.1 Å². The Kier molecular flexibility index (Phi) is 4.19. The quantitative estimate of drug-likeness (QED) is 0.636. The Balaban J connectivity index is 2.27. The molecule has 0 bridgehead atoms. The van der Waals surface area contributed by atoms with Gasteiger partial charge in [0.1, 0.15) is 11.4 Å². The Bertz CT molecular complexity index is 583. The van der Waals surface area contributed by atoms with E-state index < -0.39 is 0 Å². The highest BCUT2D eigenvalue weighted by molar-refractivity contribution is 7.13. The van der Waals surface area contributed by atoms with E-state index in [0.717, 1.165) is 5.01 Å². The topological polar surface area (TPSA) is 67.2 Å². The fraction of sp³-hybridized carbons (Fsp3) is 0.167. The zero-order valence-electron chi connectivity index (χ0n) is 10.5. The van der Waals surface area contributed by atoms with Crippen molar-refractivity contribution in [3.8, 4) is 5.75 Å². The lowest BCUT2D eigenvalue weighted by atomic mass is 10.3. The van der Waals surface area contributed by atoms with Gasteiger partial charge in [-0.15, -0.1) is 16.5 Å². The number of para-hydroxylation sites is 1. The van der Waals surface area contributed by atoms with Crippen molar-refractivity contribution in [1.29, 1.82) is 0 Å². The predicted molar refractivity (Wildman–Crippen MR) is 72.8 cm³/mol. The van der Waals surface area contributed by atoms with Crippen LogP contribution in [-0.2, 0) is 4.79 Å². The van der Waals surface area contributed by atoms with Gasteiger partial charge in [0.2, 0.25) is 11.0 Å². The summed E-state index contributed by atoms with van der Waals surface area (Å²) >= 11 is 1.31. The number of thiazole rings is 1. The van der Waals surface area contributed by atoms with E-state index in [1.807, 2.05) is 12.1 Å². The lowest BCUT2D eigenvalue weighted by molar-refractivity contribution is -0.116. The predicted octanol–water partition coefficient (Wildman–Crippen LogP) is 3.20. The highest BCUT2D eigenvalue weighted by Gasteiger charge is 2.13. The summed E-state index contributed by atoms with van der Waals surface area (Å²) in [5, 5.41) is 11.3. The molecule has 0 atom stereocenters. The van der Waals surface area contributed by atoms with E-state index in [1.54, 1.807) is 30.8 Å². The molecule has 2 rings (SSSR count). The summed E-state index contributed by atoms with van der Waals surface area (Å²) in [6.45, 7) is 1.41. The molecule has 0 unspecified atom stereocenters. The molecule has 1 amide bonds. The number of aromatic nitrogens is 1. The molecule has 0 aliphatic carbocycles. The van der Waals surface area contributed by atoms with Crippen LogP contribution in [0.25, 0.3) is 0 Å². The summed E-state index contributed by atoms with van der Waals surface area (Å²) in [6.07, 6.45) is 1.61. The van der Waals surface area contributed by atoms with Gasteiger partial charge in [-0.3, -0.25) is 4.79 Å². The van der Waals surface area contributed by atoms with Crippen molar-refractivity contribution in [2.75, 3.05) is 12.1 Å². The van der Waals surface area contributed by atoms with E-state index in [4.69, 9.17) is 4.74 Å². The maximum absolute atomic E-state index is 11.5. The molecule has 0 saturated heterocycles. The van der Waals surface area contributed by atoms with E-state index in [9.17, 15) is 4.79 Å². The molecule has 0 saturated carbocycles. The van der Waals surface area contributed by atoms with Gasteiger partial charge in [0.15, 0.2) is 0 Å².